The van der Waals surface area contributed by atoms with Crippen molar-refractivity contribution < 1.29 is 13.6 Å². The highest BCUT2D eigenvalue weighted by molar-refractivity contribution is 6.35. The second-order valence-corrected chi connectivity index (χ2v) is 4.24. The smallest absolute Gasteiger partial charge is 0.286 e. The topological polar surface area (TPSA) is 17.1 Å². The summed E-state index contributed by atoms with van der Waals surface area (Å²) >= 11 is 4.69. The summed E-state index contributed by atoms with van der Waals surface area (Å²) in [6.45, 7) is 0. The number of hydrogen-bond acceptors (Lipinski definition) is 1. The molecule has 0 spiro atoms. The van der Waals surface area contributed by atoms with Crippen LogP contribution in [0.4, 0.5) is 8.78 Å². The first kappa shape index (κ1) is 12.7. The monoisotopic (exact) mass is 266 g/mol. The fourth-order valence-corrected chi connectivity index (χ4v) is 1.72. The zero-order valence-corrected chi connectivity index (χ0v) is 9.99. The molecule has 18 heavy (non-hydrogen) atoms. The quantitative estimate of drug-likeness (QED) is 0.596. The van der Waals surface area contributed by atoms with Crippen LogP contribution < -0.4 is 0 Å². The van der Waals surface area contributed by atoms with Crippen molar-refractivity contribution in [3.8, 4) is 11.1 Å². The van der Waals surface area contributed by atoms with E-state index in [2.05, 4.69) is 0 Å². The number of Topliss-reactive ketones (excluding diaryl/α,β-unsaturated/α-hetero) is 1. The lowest BCUT2D eigenvalue weighted by atomic mass is 10.0. The Kier molecular flexibility index (Phi) is 3.43. The van der Waals surface area contributed by atoms with Crippen molar-refractivity contribution in [2.75, 3.05) is 0 Å². The molecule has 0 unspecified atom stereocenters. The summed E-state index contributed by atoms with van der Waals surface area (Å²) in [4.78, 5) is 11.2. The highest BCUT2D eigenvalue weighted by Crippen LogP contribution is 2.26. The number of halogens is 3. The minimum absolute atomic E-state index is 0.102. The molecule has 0 saturated heterocycles. The van der Waals surface area contributed by atoms with Crippen molar-refractivity contribution in [1.29, 1.82) is 0 Å². The first-order chi connectivity index (χ1) is 8.48. The number of carbonyl (C=O) groups is 1. The van der Waals surface area contributed by atoms with Gasteiger partial charge in [0.2, 0.25) is 5.78 Å². The molecule has 0 amide bonds. The summed E-state index contributed by atoms with van der Waals surface area (Å²) in [5.41, 5.74) is 1.70. The standard InChI is InChI=1S/C14H9ClF2O/c15-14(16,17)13(18)12-8-6-11(7-9-12)10-4-2-1-3-5-10/h1-9H. The van der Waals surface area contributed by atoms with E-state index >= 15 is 0 Å². The fourth-order valence-electron chi connectivity index (χ4n) is 1.61. The van der Waals surface area contributed by atoms with Crippen LogP contribution in [0.1, 0.15) is 10.4 Å². The molecule has 92 valence electrons. The third-order valence-electron chi connectivity index (χ3n) is 2.51. The average molecular weight is 267 g/mol. The van der Waals surface area contributed by atoms with E-state index in [0.717, 1.165) is 11.1 Å². The number of hydrogen-bond donors (Lipinski definition) is 0. The Labute approximate surface area is 108 Å². The molecular weight excluding hydrogens is 258 g/mol. The SMILES string of the molecule is O=C(c1ccc(-c2ccccc2)cc1)C(F)(F)Cl. The van der Waals surface area contributed by atoms with E-state index in [1.54, 1.807) is 12.1 Å². The third kappa shape index (κ3) is 2.74. The fraction of sp³-hybridized carbons (Fsp3) is 0.0714. The van der Waals surface area contributed by atoms with Crippen molar-refractivity contribution in [3.63, 3.8) is 0 Å². The minimum Gasteiger partial charge on any atom is -0.286 e. The van der Waals surface area contributed by atoms with Crippen LogP contribution in [0.25, 0.3) is 11.1 Å². The number of carbonyl (C=O) groups excluding carboxylic acids is 1. The largest absolute Gasteiger partial charge is 0.384 e. The molecule has 0 fully saturated rings. The Morgan fingerprint density at radius 1 is 0.889 bits per heavy atom. The molecule has 0 bridgehead atoms. The van der Waals surface area contributed by atoms with Gasteiger partial charge in [-0.15, -0.1) is 0 Å². The van der Waals surface area contributed by atoms with Gasteiger partial charge < -0.3 is 0 Å². The van der Waals surface area contributed by atoms with E-state index in [0.29, 0.717) is 0 Å². The maximum Gasteiger partial charge on any atom is 0.384 e. The van der Waals surface area contributed by atoms with Crippen molar-refractivity contribution in [3.05, 3.63) is 60.2 Å². The van der Waals surface area contributed by atoms with Crippen LogP contribution in [0, 0.1) is 0 Å². The summed E-state index contributed by atoms with van der Waals surface area (Å²) in [7, 11) is 0. The summed E-state index contributed by atoms with van der Waals surface area (Å²) < 4.78 is 25.3. The van der Waals surface area contributed by atoms with Crippen LogP contribution in [-0.2, 0) is 0 Å². The Balaban J connectivity index is 2.29. The number of rotatable bonds is 3. The highest BCUT2D eigenvalue weighted by Gasteiger charge is 2.36. The van der Waals surface area contributed by atoms with Gasteiger partial charge in [-0.05, 0) is 22.7 Å². The highest BCUT2D eigenvalue weighted by atomic mass is 35.5. The third-order valence-corrected chi connectivity index (χ3v) is 2.68. The van der Waals surface area contributed by atoms with E-state index < -0.39 is 11.2 Å². The van der Waals surface area contributed by atoms with Gasteiger partial charge in [-0.25, -0.2) is 0 Å². The van der Waals surface area contributed by atoms with Gasteiger partial charge >= 0.3 is 5.38 Å². The zero-order valence-electron chi connectivity index (χ0n) is 9.24. The predicted octanol–water partition coefficient (Wildman–Crippen LogP) is 4.37. The van der Waals surface area contributed by atoms with Gasteiger partial charge in [0.15, 0.2) is 0 Å². The molecular formula is C14H9ClF2O. The van der Waals surface area contributed by atoms with Crippen molar-refractivity contribution >= 4 is 17.4 Å². The first-order valence-electron chi connectivity index (χ1n) is 5.25. The van der Waals surface area contributed by atoms with Gasteiger partial charge in [0.1, 0.15) is 0 Å². The molecule has 0 aliphatic rings. The summed E-state index contributed by atoms with van der Waals surface area (Å²) in [6, 6.07) is 15.4. The molecule has 0 aromatic heterocycles. The summed E-state index contributed by atoms with van der Waals surface area (Å²) in [6.07, 6.45) is 0. The lowest BCUT2D eigenvalue weighted by Gasteiger charge is -2.07. The van der Waals surface area contributed by atoms with Crippen LogP contribution in [0.15, 0.2) is 54.6 Å². The van der Waals surface area contributed by atoms with E-state index in [4.69, 9.17) is 11.6 Å². The van der Waals surface area contributed by atoms with Crippen LogP contribution in [0.5, 0.6) is 0 Å². The van der Waals surface area contributed by atoms with Crippen molar-refractivity contribution in [2.24, 2.45) is 0 Å². The number of alkyl halides is 3. The van der Waals surface area contributed by atoms with Crippen molar-refractivity contribution in [1.82, 2.24) is 0 Å². The van der Waals surface area contributed by atoms with Gasteiger partial charge in [-0.3, -0.25) is 4.79 Å². The molecule has 0 heterocycles. The van der Waals surface area contributed by atoms with E-state index in [9.17, 15) is 13.6 Å². The van der Waals surface area contributed by atoms with E-state index in [-0.39, 0.29) is 5.56 Å². The Bertz CT molecular complexity index is 544. The molecule has 2 rings (SSSR count). The molecule has 1 nitrogen and oxygen atoms in total. The molecule has 0 N–H and O–H groups in total. The van der Waals surface area contributed by atoms with Crippen LogP contribution in [-0.4, -0.2) is 11.2 Å². The predicted molar refractivity (Wildman–Crippen MR) is 67.0 cm³/mol. The molecule has 0 radical (unpaired) electrons. The maximum atomic E-state index is 12.6. The summed E-state index contributed by atoms with van der Waals surface area (Å²) in [5.74, 6) is -1.39. The van der Waals surface area contributed by atoms with Crippen LogP contribution >= 0.6 is 11.6 Å². The van der Waals surface area contributed by atoms with E-state index in [1.165, 1.54) is 12.1 Å². The van der Waals surface area contributed by atoms with Crippen molar-refractivity contribution in [2.45, 2.75) is 5.38 Å². The lowest BCUT2D eigenvalue weighted by molar-refractivity contribution is 0.0536. The maximum absolute atomic E-state index is 12.6. The van der Waals surface area contributed by atoms with Gasteiger partial charge in [-0.1, -0.05) is 54.6 Å². The van der Waals surface area contributed by atoms with Gasteiger partial charge in [-0.2, -0.15) is 8.78 Å². The Morgan fingerprint density at radius 2 is 1.39 bits per heavy atom. The first-order valence-corrected chi connectivity index (χ1v) is 5.63. The Morgan fingerprint density at radius 3 is 1.89 bits per heavy atom. The molecule has 0 aliphatic heterocycles. The second kappa shape index (κ2) is 4.86. The minimum atomic E-state index is -3.85. The van der Waals surface area contributed by atoms with Crippen LogP contribution in [0.3, 0.4) is 0 Å². The van der Waals surface area contributed by atoms with Gasteiger partial charge in [0.05, 0.1) is 0 Å². The second-order valence-electron chi connectivity index (χ2n) is 3.77. The Hall–Kier alpha value is -1.74. The molecule has 4 heteroatoms. The number of benzene rings is 2. The van der Waals surface area contributed by atoms with Gasteiger partial charge in [0, 0.05) is 5.56 Å². The summed E-state index contributed by atoms with van der Waals surface area (Å²) in [5, 5.41) is -3.85. The lowest BCUT2D eigenvalue weighted by Crippen LogP contribution is -2.21. The molecule has 2 aromatic rings. The zero-order chi connectivity index (χ0) is 13.2. The average Bonchev–Trinajstić information content (AvgIpc) is 2.38. The molecule has 0 aliphatic carbocycles. The molecule has 0 saturated carbocycles. The van der Waals surface area contributed by atoms with Gasteiger partial charge in [0.25, 0.3) is 0 Å². The molecule has 0 atom stereocenters. The molecule has 2 aromatic carbocycles. The van der Waals surface area contributed by atoms with E-state index in [1.807, 2.05) is 30.3 Å². The van der Waals surface area contributed by atoms with Crippen LogP contribution in [0.2, 0.25) is 0 Å². The number of ketones is 1. The normalized spacial score (nSPS) is 11.3.